The highest BCUT2D eigenvalue weighted by Gasteiger charge is 2.27. The fourth-order valence-electron chi connectivity index (χ4n) is 1.67. The van der Waals surface area contributed by atoms with Crippen LogP contribution < -0.4 is 19.5 Å². The first-order valence-electron chi connectivity index (χ1n) is 7.19. The normalized spacial score (nSPS) is 11.6. The van der Waals surface area contributed by atoms with Crippen molar-refractivity contribution in [3.63, 3.8) is 0 Å². The second-order valence-electron chi connectivity index (χ2n) is 4.89. The maximum atomic E-state index is 12.1. The molecule has 152 valence electrons. The van der Waals surface area contributed by atoms with E-state index >= 15 is 0 Å². The minimum absolute atomic E-state index is 0.143. The molecule has 13 heteroatoms. The van der Waals surface area contributed by atoms with Crippen LogP contribution in [0.1, 0.15) is 0 Å². The van der Waals surface area contributed by atoms with Crippen molar-refractivity contribution in [3.05, 3.63) is 18.2 Å². The lowest BCUT2D eigenvalue weighted by Crippen LogP contribution is -2.37. The van der Waals surface area contributed by atoms with E-state index in [1.54, 1.807) is 0 Å². The Morgan fingerprint density at radius 2 is 1.74 bits per heavy atom. The number of benzene rings is 1. The van der Waals surface area contributed by atoms with Crippen LogP contribution in [0.15, 0.2) is 23.1 Å². The molecule has 2 N–H and O–H groups in total. The number of carbonyl (C=O) groups excluding carboxylic acids is 2. The summed E-state index contributed by atoms with van der Waals surface area (Å²) in [7, 11) is -1.44. The van der Waals surface area contributed by atoms with Gasteiger partial charge in [0.05, 0.1) is 19.1 Å². The molecule has 0 heterocycles. The van der Waals surface area contributed by atoms with Crippen LogP contribution in [0.2, 0.25) is 0 Å². The lowest BCUT2D eigenvalue weighted by molar-refractivity contribution is -0.150. The van der Waals surface area contributed by atoms with Gasteiger partial charge in [0.15, 0.2) is 18.1 Å². The minimum atomic E-state index is -4.60. The van der Waals surface area contributed by atoms with E-state index in [0.29, 0.717) is 5.75 Å². The van der Waals surface area contributed by atoms with Crippen molar-refractivity contribution in [1.29, 1.82) is 0 Å². The molecule has 0 unspecified atom stereocenters. The summed E-state index contributed by atoms with van der Waals surface area (Å²) in [5, 5.41) is 1.49. The van der Waals surface area contributed by atoms with Gasteiger partial charge in [0.25, 0.3) is 5.91 Å². The van der Waals surface area contributed by atoms with Crippen molar-refractivity contribution in [1.82, 2.24) is 10.0 Å². The molecule has 27 heavy (non-hydrogen) atoms. The number of sulfonamides is 1. The van der Waals surface area contributed by atoms with E-state index < -0.39 is 47.8 Å². The fourth-order valence-corrected chi connectivity index (χ4v) is 2.65. The van der Waals surface area contributed by atoms with E-state index in [1.165, 1.54) is 31.7 Å². The van der Waals surface area contributed by atoms with Gasteiger partial charge in [-0.3, -0.25) is 9.59 Å². The second-order valence-corrected chi connectivity index (χ2v) is 6.66. The van der Waals surface area contributed by atoms with Gasteiger partial charge >= 0.3 is 12.1 Å². The standard InChI is InChI=1S/C14H17F3N2O7S/c1-24-10-4-3-9(5-11(10)25-2)27(22,23)19-6-13(21)26-7-12(20)18-8-14(15,16)17/h3-5,19H,6-8H2,1-2H3,(H,18,20). The highest BCUT2D eigenvalue weighted by atomic mass is 32.2. The zero-order valence-corrected chi connectivity index (χ0v) is 15.1. The molecule has 0 aliphatic rings. The zero-order valence-electron chi connectivity index (χ0n) is 14.3. The van der Waals surface area contributed by atoms with Crippen LogP contribution in [0.3, 0.4) is 0 Å². The first-order chi connectivity index (χ1) is 12.5. The van der Waals surface area contributed by atoms with Gasteiger partial charge in [0.1, 0.15) is 13.1 Å². The summed E-state index contributed by atoms with van der Waals surface area (Å²) in [5.74, 6) is -1.89. The fraction of sp³-hybridized carbons (Fsp3) is 0.429. The Labute approximate surface area is 152 Å². The number of alkyl halides is 3. The number of rotatable bonds is 9. The molecule has 0 aliphatic carbocycles. The molecule has 0 saturated heterocycles. The highest BCUT2D eigenvalue weighted by Crippen LogP contribution is 2.29. The summed E-state index contributed by atoms with van der Waals surface area (Å²) in [4.78, 5) is 22.3. The van der Waals surface area contributed by atoms with Crippen LogP contribution in [0, 0.1) is 0 Å². The largest absolute Gasteiger partial charge is 0.493 e. The molecule has 0 radical (unpaired) electrons. The first kappa shape index (κ1) is 22.5. The van der Waals surface area contributed by atoms with E-state index in [9.17, 15) is 31.2 Å². The van der Waals surface area contributed by atoms with Gasteiger partial charge in [-0.05, 0) is 12.1 Å². The van der Waals surface area contributed by atoms with E-state index in [1.807, 2.05) is 4.72 Å². The van der Waals surface area contributed by atoms with Crippen LogP contribution >= 0.6 is 0 Å². The van der Waals surface area contributed by atoms with Gasteiger partial charge < -0.3 is 19.5 Å². The molecule has 1 amide bonds. The van der Waals surface area contributed by atoms with Gasteiger partial charge in [0.2, 0.25) is 10.0 Å². The summed E-state index contributed by atoms with van der Waals surface area (Å²) in [6.07, 6.45) is -4.60. The molecule has 1 aromatic carbocycles. The Balaban J connectivity index is 2.56. The third-order valence-electron chi connectivity index (χ3n) is 2.92. The number of methoxy groups -OCH3 is 2. The quantitative estimate of drug-likeness (QED) is 0.554. The van der Waals surface area contributed by atoms with Crippen molar-refractivity contribution in [2.24, 2.45) is 0 Å². The Kier molecular flexibility index (Phi) is 7.84. The van der Waals surface area contributed by atoms with Crippen LogP contribution in [0.4, 0.5) is 13.2 Å². The molecule has 0 saturated carbocycles. The average molecular weight is 414 g/mol. The number of hydrogen-bond acceptors (Lipinski definition) is 7. The van der Waals surface area contributed by atoms with Crippen molar-refractivity contribution in [3.8, 4) is 11.5 Å². The smallest absolute Gasteiger partial charge is 0.405 e. The van der Waals surface area contributed by atoms with Gasteiger partial charge in [-0.25, -0.2) is 8.42 Å². The van der Waals surface area contributed by atoms with Gasteiger partial charge in [0, 0.05) is 6.07 Å². The molecule has 0 bridgehead atoms. The Morgan fingerprint density at radius 1 is 1.11 bits per heavy atom. The summed E-state index contributed by atoms with van der Waals surface area (Å²) in [6.45, 7) is -3.38. The van der Waals surface area contributed by atoms with Gasteiger partial charge in [-0.15, -0.1) is 0 Å². The van der Waals surface area contributed by atoms with Crippen LogP contribution in [0.5, 0.6) is 11.5 Å². The minimum Gasteiger partial charge on any atom is -0.493 e. The third-order valence-corrected chi connectivity index (χ3v) is 4.32. The van der Waals surface area contributed by atoms with Crippen LogP contribution in [-0.4, -0.2) is 60.4 Å². The van der Waals surface area contributed by atoms with E-state index in [-0.39, 0.29) is 10.6 Å². The number of ether oxygens (including phenoxy) is 3. The molecule has 0 aliphatic heterocycles. The summed E-state index contributed by atoms with van der Waals surface area (Å²) >= 11 is 0. The maximum absolute atomic E-state index is 12.1. The van der Waals surface area contributed by atoms with Crippen LogP contribution in [-0.2, 0) is 24.3 Å². The lowest BCUT2D eigenvalue weighted by atomic mass is 10.3. The van der Waals surface area contributed by atoms with Crippen molar-refractivity contribution < 1.29 is 45.4 Å². The molecular weight excluding hydrogens is 397 g/mol. The van der Waals surface area contributed by atoms with Crippen LogP contribution in [0.25, 0.3) is 0 Å². The monoisotopic (exact) mass is 414 g/mol. The predicted octanol–water partition coefficient (Wildman–Crippen LogP) is 0.204. The van der Waals surface area contributed by atoms with E-state index in [0.717, 1.165) is 6.07 Å². The molecule has 9 nitrogen and oxygen atoms in total. The Morgan fingerprint density at radius 3 is 2.30 bits per heavy atom. The molecule has 0 fully saturated rings. The first-order valence-corrected chi connectivity index (χ1v) is 8.67. The summed E-state index contributed by atoms with van der Waals surface area (Å²) in [5.41, 5.74) is 0. The number of amides is 1. The number of hydrogen-bond donors (Lipinski definition) is 2. The van der Waals surface area contributed by atoms with Gasteiger partial charge in [-0.1, -0.05) is 0 Å². The lowest BCUT2D eigenvalue weighted by Gasteiger charge is -2.11. The SMILES string of the molecule is COc1ccc(S(=O)(=O)NCC(=O)OCC(=O)NCC(F)(F)F)cc1OC. The topological polar surface area (TPSA) is 120 Å². The molecule has 0 aromatic heterocycles. The number of carbonyl (C=O) groups is 2. The average Bonchev–Trinajstić information content (AvgIpc) is 2.61. The zero-order chi connectivity index (χ0) is 20.7. The second kappa shape index (κ2) is 9.41. The Bertz CT molecular complexity index is 781. The highest BCUT2D eigenvalue weighted by molar-refractivity contribution is 7.89. The molecule has 0 spiro atoms. The number of esters is 1. The number of nitrogens with one attached hydrogen (secondary N) is 2. The van der Waals surface area contributed by atoms with Crippen molar-refractivity contribution in [2.75, 3.05) is 33.9 Å². The number of halogens is 3. The van der Waals surface area contributed by atoms with E-state index in [2.05, 4.69) is 4.74 Å². The van der Waals surface area contributed by atoms with Crippen molar-refractivity contribution >= 4 is 21.9 Å². The molecule has 1 aromatic rings. The summed E-state index contributed by atoms with van der Waals surface area (Å²) in [6, 6.07) is 3.72. The van der Waals surface area contributed by atoms with E-state index in [4.69, 9.17) is 9.47 Å². The summed E-state index contributed by atoms with van der Waals surface area (Å²) < 4.78 is 76.3. The van der Waals surface area contributed by atoms with Gasteiger partial charge in [-0.2, -0.15) is 17.9 Å². The van der Waals surface area contributed by atoms with Crippen molar-refractivity contribution in [2.45, 2.75) is 11.1 Å². The Hall–Kier alpha value is -2.54. The third kappa shape index (κ3) is 7.70. The maximum Gasteiger partial charge on any atom is 0.405 e. The molecule has 0 atom stereocenters. The molecular formula is C14H17F3N2O7S. The predicted molar refractivity (Wildman–Crippen MR) is 84.8 cm³/mol. The molecule has 1 rings (SSSR count).